The molecule has 78 valence electrons. The van der Waals surface area contributed by atoms with Gasteiger partial charge in [0, 0.05) is 24.8 Å². The Morgan fingerprint density at radius 1 is 1.53 bits per heavy atom. The maximum atomic E-state index is 5.11. The van der Waals surface area contributed by atoms with E-state index < -0.39 is 0 Å². The number of nitrogens with zero attached hydrogens (tertiary/aromatic N) is 2. The van der Waals surface area contributed by atoms with E-state index in [4.69, 9.17) is 4.84 Å². The van der Waals surface area contributed by atoms with Gasteiger partial charge in [-0.2, -0.15) is 0 Å². The molecule has 15 heavy (non-hydrogen) atoms. The van der Waals surface area contributed by atoms with Crippen LogP contribution < -0.4 is 0 Å². The molecule has 0 aliphatic carbocycles. The second-order valence-electron chi connectivity index (χ2n) is 3.46. The lowest BCUT2D eigenvalue weighted by atomic mass is 10.0. The van der Waals surface area contributed by atoms with Gasteiger partial charge in [0.15, 0.2) is 0 Å². The first-order valence-electron chi connectivity index (χ1n) is 4.96. The van der Waals surface area contributed by atoms with Crippen LogP contribution in [-0.4, -0.2) is 17.2 Å². The molecule has 1 aliphatic rings. The highest BCUT2D eigenvalue weighted by molar-refractivity contribution is 5.21. The van der Waals surface area contributed by atoms with E-state index in [1.807, 2.05) is 24.7 Å². The summed E-state index contributed by atoms with van der Waals surface area (Å²) in [5.41, 5.74) is 2.56. The van der Waals surface area contributed by atoms with Crippen molar-refractivity contribution in [3.05, 3.63) is 54.1 Å². The Hall–Kier alpha value is -1.61. The molecule has 3 heteroatoms. The van der Waals surface area contributed by atoms with Gasteiger partial charge in [0.2, 0.25) is 0 Å². The molecule has 0 bridgehead atoms. The highest BCUT2D eigenvalue weighted by atomic mass is 16.7. The molecular weight excluding hydrogens is 188 g/mol. The average molecular weight is 202 g/mol. The maximum absolute atomic E-state index is 5.11. The average Bonchev–Trinajstić information content (AvgIpc) is 2.31. The van der Waals surface area contributed by atoms with Crippen molar-refractivity contribution in [3.8, 4) is 0 Å². The molecule has 0 amide bonds. The molecule has 2 rings (SSSR count). The van der Waals surface area contributed by atoms with Gasteiger partial charge >= 0.3 is 0 Å². The van der Waals surface area contributed by atoms with E-state index in [0.717, 1.165) is 12.8 Å². The molecule has 2 heterocycles. The summed E-state index contributed by atoms with van der Waals surface area (Å²) in [4.78, 5) is 9.21. The van der Waals surface area contributed by atoms with Gasteiger partial charge in [-0.25, -0.2) is 5.06 Å². The fourth-order valence-electron chi connectivity index (χ4n) is 1.58. The van der Waals surface area contributed by atoms with Gasteiger partial charge in [-0.3, -0.25) is 9.82 Å². The summed E-state index contributed by atoms with van der Waals surface area (Å²) in [5.74, 6) is 0. The minimum Gasteiger partial charge on any atom is -0.273 e. The van der Waals surface area contributed by atoms with Crippen molar-refractivity contribution >= 4 is 0 Å². The Kier molecular flexibility index (Phi) is 3.15. The molecule has 1 aromatic heterocycles. The van der Waals surface area contributed by atoms with Crippen LogP contribution >= 0.6 is 0 Å². The highest BCUT2D eigenvalue weighted by Crippen LogP contribution is 2.16. The van der Waals surface area contributed by atoms with Gasteiger partial charge in [-0.15, -0.1) is 0 Å². The van der Waals surface area contributed by atoms with Gasteiger partial charge in [0.05, 0.1) is 7.11 Å². The predicted molar refractivity (Wildman–Crippen MR) is 58.6 cm³/mol. The van der Waals surface area contributed by atoms with E-state index in [1.54, 1.807) is 18.4 Å². The van der Waals surface area contributed by atoms with Crippen LogP contribution in [0.5, 0.6) is 0 Å². The molecular formula is C12H14N2O. The second kappa shape index (κ2) is 4.75. The standard InChI is InChI=1S/C12H14N2O/c1-15-14-7-3-5-12(10-14)8-11-4-2-6-13-9-11/h2-4,6-7,9-10H,5,8H2,1H3. The minimum atomic E-state index is 0.929. The number of aromatic nitrogens is 1. The number of allylic oxidation sites excluding steroid dienone is 2. The zero-order chi connectivity index (χ0) is 10.5. The van der Waals surface area contributed by atoms with Crippen molar-refractivity contribution in [1.82, 2.24) is 10.0 Å². The summed E-state index contributed by atoms with van der Waals surface area (Å²) in [6.07, 6.45) is 11.6. The fourth-order valence-corrected chi connectivity index (χ4v) is 1.58. The summed E-state index contributed by atoms with van der Waals surface area (Å²) in [5, 5.41) is 1.72. The molecule has 0 spiro atoms. The first-order chi connectivity index (χ1) is 7.38. The number of hydrogen-bond donors (Lipinski definition) is 0. The molecule has 3 nitrogen and oxygen atoms in total. The molecule has 1 aromatic rings. The van der Waals surface area contributed by atoms with Crippen molar-refractivity contribution < 1.29 is 4.84 Å². The Balaban J connectivity index is 2.04. The molecule has 0 atom stereocenters. The number of rotatable bonds is 3. The highest BCUT2D eigenvalue weighted by Gasteiger charge is 2.05. The first kappa shape index (κ1) is 9.93. The normalized spacial score (nSPS) is 15.3. The van der Waals surface area contributed by atoms with Crippen molar-refractivity contribution in [3.63, 3.8) is 0 Å². The Morgan fingerprint density at radius 2 is 2.47 bits per heavy atom. The topological polar surface area (TPSA) is 25.4 Å². The van der Waals surface area contributed by atoms with E-state index in [2.05, 4.69) is 17.1 Å². The monoisotopic (exact) mass is 202 g/mol. The molecule has 0 N–H and O–H groups in total. The van der Waals surface area contributed by atoms with E-state index in [-0.39, 0.29) is 0 Å². The van der Waals surface area contributed by atoms with Crippen LogP contribution in [-0.2, 0) is 11.3 Å². The van der Waals surface area contributed by atoms with E-state index in [0.29, 0.717) is 0 Å². The van der Waals surface area contributed by atoms with Crippen molar-refractivity contribution in [2.75, 3.05) is 7.11 Å². The third-order valence-electron chi connectivity index (χ3n) is 2.31. The maximum Gasteiger partial charge on any atom is 0.0643 e. The van der Waals surface area contributed by atoms with Crippen LogP contribution in [0.3, 0.4) is 0 Å². The molecule has 0 radical (unpaired) electrons. The van der Waals surface area contributed by atoms with Gasteiger partial charge in [-0.1, -0.05) is 12.1 Å². The summed E-state index contributed by atoms with van der Waals surface area (Å²) in [6.45, 7) is 0. The molecule has 1 aliphatic heterocycles. The zero-order valence-corrected chi connectivity index (χ0v) is 8.76. The van der Waals surface area contributed by atoms with Crippen LogP contribution in [0.4, 0.5) is 0 Å². The second-order valence-corrected chi connectivity index (χ2v) is 3.46. The summed E-state index contributed by atoms with van der Waals surface area (Å²) < 4.78 is 0. The molecule has 0 saturated heterocycles. The number of hydrogen-bond acceptors (Lipinski definition) is 3. The van der Waals surface area contributed by atoms with E-state index >= 15 is 0 Å². The largest absolute Gasteiger partial charge is 0.273 e. The van der Waals surface area contributed by atoms with E-state index in [1.165, 1.54) is 11.1 Å². The van der Waals surface area contributed by atoms with E-state index in [9.17, 15) is 0 Å². The van der Waals surface area contributed by atoms with Crippen molar-refractivity contribution in [2.45, 2.75) is 12.8 Å². The zero-order valence-electron chi connectivity index (χ0n) is 8.76. The lowest BCUT2D eigenvalue weighted by Crippen LogP contribution is -2.12. The SMILES string of the molecule is CON1C=CCC(Cc2cccnc2)=C1. The summed E-state index contributed by atoms with van der Waals surface area (Å²) in [7, 11) is 1.66. The lowest BCUT2D eigenvalue weighted by Gasteiger charge is -2.18. The first-order valence-corrected chi connectivity index (χ1v) is 4.96. The van der Waals surface area contributed by atoms with Gasteiger partial charge in [0.25, 0.3) is 0 Å². The number of pyridine rings is 1. The van der Waals surface area contributed by atoms with Crippen molar-refractivity contribution in [1.29, 1.82) is 0 Å². The smallest absolute Gasteiger partial charge is 0.0643 e. The quantitative estimate of drug-likeness (QED) is 0.752. The van der Waals surface area contributed by atoms with Gasteiger partial charge < -0.3 is 0 Å². The lowest BCUT2D eigenvalue weighted by molar-refractivity contribution is -0.0461. The molecule has 0 saturated carbocycles. The molecule has 0 aromatic carbocycles. The van der Waals surface area contributed by atoms with Crippen LogP contribution in [0.2, 0.25) is 0 Å². The van der Waals surface area contributed by atoms with Crippen LogP contribution in [0, 0.1) is 0 Å². The van der Waals surface area contributed by atoms with Crippen LogP contribution in [0.1, 0.15) is 12.0 Å². The molecule has 0 unspecified atom stereocenters. The summed E-state index contributed by atoms with van der Waals surface area (Å²) >= 11 is 0. The Morgan fingerprint density at radius 3 is 3.20 bits per heavy atom. The van der Waals surface area contributed by atoms with Crippen LogP contribution in [0.15, 0.2) is 48.6 Å². The summed E-state index contributed by atoms with van der Waals surface area (Å²) in [6, 6.07) is 4.05. The Bertz CT molecular complexity index is 370. The molecule has 0 fully saturated rings. The van der Waals surface area contributed by atoms with Gasteiger partial charge in [-0.05, 0) is 30.0 Å². The van der Waals surface area contributed by atoms with Crippen molar-refractivity contribution in [2.24, 2.45) is 0 Å². The number of hydroxylamine groups is 2. The third-order valence-corrected chi connectivity index (χ3v) is 2.31. The Labute approximate surface area is 89.6 Å². The fraction of sp³-hybridized carbons (Fsp3) is 0.250. The predicted octanol–water partition coefficient (Wildman–Crippen LogP) is 2.29. The third kappa shape index (κ3) is 2.67. The van der Waals surface area contributed by atoms with Gasteiger partial charge in [0.1, 0.15) is 0 Å². The minimum absolute atomic E-state index is 0.929. The van der Waals surface area contributed by atoms with Crippen LogP contribution in [0.25, 0.3) is 0 Å².